The maximum Gasteiger partial charge on any atom is 0.279 e. The van der Waals surface area contributed by atoms with Gasteiger partial charge < -0.3 is 20.5 Å². The van der Waals surface area contributed by atoms with Crippen LogP contribution >= 0.6 is 15.9 Å². The molecule has 0 aliphatic carbocycles. The van der Waals surface area contributed by atoms with Gasteiger partial charge in [0, 0.05) is 22.3 Å². The smallest absolute Gasteiger partial charge is 0.279 e. The Morgan fingerprint density at radius 1 is 0.971 bits per heavy atom. The fourth-order valence-electron chi connectivity index (χ4n) is 4.10. The van der Waals surface area contributed by atoms with Crippen molar-refractivity contribution in [2.45, 2.75) is 6.54 Å². The molecule has 2 heterocycles. The van der Waals surface area contributed by atoms with Gasteiger partial charge >= 0.3 is 0 Å². The number of nitrogens with two attached hydrogens (primary N) is 1. The molecule has 0 saturated carbocycles. The summed E-state index contributed by atoms with van der Waals surface area (Å²) >= 11 is 3.47. The van der Waals surface area contributed by atoms with Crippen LogP contribution in [0.1, 0.15) is 5.56 Å². The van der Waals surface area contributed by atoms with Gasteiger partial charge in [-0.3, -0.25) is 9.36 Å². The molecule has 2 aromatic heterocycles. The molecule has 0 amide bonds. The first kappa shape index (κ1) is 22.7. The van der Waals surface area contributed by atoms with E-state index in [1.807, 2.05) is 48.5 Å². The molecule has 0 radical (unpaired) electrons. The SMILES string of the molecule is COc1cccc(CNc2c(N)n(-c3ccc(Br)cc3)c3nc4ccccc4c(=O)nc23)c1OC. The molecular weight excluding hydrogens is 510 g/mol. The van der Waals surface area contributed by atoms with E-state index in [1.54, 1.807) is 37.0 Å². The third-order valence-electron chi connectivity index (χ3n) is 5.76. The number of halogens is 1. The number of hydrogen-bond acceptors (Lipinski definition) is 7. The van der Waals surface area contributed by atoms with Crippen molar-refractivity contribution in [3.05, 3.63) is 87.1 Å². The van der Waals surface area contributed by atoms with E-state index in [2.05, 4.69) is 26.2 Å². The highest BCUT2D eigenvalue weighted by Crippen LogP contribution is 2.36. The van der Waals surface area contributed by atoms with Gasteiger partial charge in [0.05, 0.1) is 25.1 Å². The minimum atomic E-state index is -0.377. The molecule has 176 valence electrons. The van der Waals surface area contributed by atoms with Gasteiger partial charge in [-0.25, -0.2) is 9.97 Å². The fraction of sp³-hybridized carbons (Fsp3) is 0.115. The van der Waals surface area contributed by atoms with Crippen molar-refractivity contribution in [1.82, 2.24) is 14.5 Å². The van der Waals surface area contributed by atoms with Crippen LogP contribution in [0, 0.1) is 0 Å². The van der Waals surface area contributed by atoms with Crippen molar-refractivity contribution in [2.75, 3.05) is 25.3 Å². The first-order chi connectivity index (χ1) is 17.0. The standard InChI is InChI=1S/C26H22BrN5O3/c1-34-20-9-5-6-15(23(20)35-2)14-29-21-22-25(30-19-8-4-3-7-18(19)26(33)31-22)32(24(21)28)17-12-10-16(27)11-13-17/h3-13,29H,14,28H2,1-2H3. The molecule has 9 heteroatoms. The number of para-hydroxylation sites is 2. The second-order valence-corrected chi connectivity index (χ2v) is 8.71. The zero-order valence-corrected chi connectivity index (χ0v) is 20.7. The Labute approximate surface area is 209 Å². The van der Waals surface area contributed by atoms with Crippen LogP contribution in [0.25, 0.3) is 27.8 Å². The molecule has 3 N–H and O–H groups in total. The Kier molecular flexibility index (Phi) is 6.00. The van der Waals surface area contributed by atoms with Crippen molar-refractivity contribution in [3.8, 4) is 17.2 Å². The summed E-state index contributed by atoms with van der Waals surface area (Å²) < 4.78 is 13.7. The summed E-state index contributed by atoms with van der Waals surface area (Å²) in [6, 6.07) is 20.5. The normalized spacial score (nSPS) is 11.1. The number of nitrogens with zero attached hydrogens (tertiary/aromatic N) is 3. The average molecular weight is 532 g/mol. The number of nitrogen functional groups attached to an aromatic ring is 1. The third-order valence-corrected chi connectivity index (χ3v) is 6.29. The van der Waals surface area contributed by atoms with Gasteiger partial charge in [0.15, 0.2) is 17.1 Å². The Hall–Kier alpha value is -4.11. The molecular formula is C26H22BrN5O3. The molecule has 0 aliphatic rings. The van der Waals surface area contributed by atoms with Crippen molar-refractivity contribution >= 4 is 49.5 Å². The van der Waals surface area contributed by atoms with Crippen LogP contribution in [0.4, 0.5) is 11.5 Å². The number of anilines is 2. The van der Waals surface area contributed by atoms with E-state index < -0.39 is 0 Å². The molecule has 0 fully saturated rings. The van der Waals surface area contributed by atoms with E-state index in [9.17, 15) is 4.79 Å². The van der Waals surface area contributed by atoms with Crippen molar-refractivity contribution in [1.29, 1.82) is 0 Å². The first-order valence-electron chi connectivity index (χ1n) is 10.8. The first-order valence-corrected chi connectivity index (χ1v) is 11.6. The van der Waals surface area contributed by atoms with Crippen molar-refractivity contribution in [2.24, 2.45) is 0 Å². The lowest BCUT2D eigenvalue weighted by atomic mass is 10.2. The van der Waals surface area contributed by atoms with E-state index in [0.717, 1.165) is 15.7 Å². The lowest BCUT2D eigenvalue weighted by Gasteiger charge is -2.14. The molecule has 0 saturated heterocycles. The Balaban J connectivity index is 1.73. The molecule has 3 aromatic carbocycles. The Morgan fingerprint density at radius 2 is 1.74 bits per heavy atom. The Bertz CT molecular complexity index is 1620. The van der Waals surface area contributed by atoms with Gasteiger partial charge in [0.1, 0.15) is 17.0 Å². The zero-order valence-electron chi connectivity index (χ0n) is 19.1. The van der Waals surface area contributed by atoms with Crippen LogP contribution in [-0.4, -0.2) is 28.8 Å². The third kappa shape index (κ3) is 4.04. The topological polar surface area (TPSA) is 104 Å². The maximum atomic E-state index is 13.0. The molecule has 5 rings (SSSR count). The largest absolute Gasteiger partial charge is 0.493 e. The lowest BCUT2D eigenvalue weighted by molar-refractivity contribution is 0.352. The highest BCUT2D eigenvalue weighted by atomic mass is 79.9. The summed E-state index contributed by atoms with van der Waals surface area (Å²) in [5.74, 6) is 1.62. The monoisotopic (exact) mass is 531 g/mol. The predicted octanol–water partition coefficient (Wildman–Crippen LogP) is 4.91. The molecule has 0 bridgehead atoms. The second kappa shape index (κ2) is 9.27. The van der Waals surface area contributed by atoms with E-state index in [-0.39, 0.29) is 5.56 Å². The number of rotatable bonds is 6. The number of fused-ring (bicyclic) bond motifs is 2. The van der Waals surface area contributed by atoms with E-state index >= 15 is 0 Å². The quantitative estimate of drug-likeness (QED) is 0.320. The highest BCUT2D eigenvalue weighted by molar-refractivity contribution is 9.10. The van der Waals surface area contributed by atoms with Crippen LogP contribution in [-0.2, 0) is 6.54 Å². The van der Waals surface area contributed by atoms with Crippen LogP contribution < -0.4 is 26.1 Å². The average Bonchev–Trinajstić information content (AvgIpc) is 3.03. The summed E-state index contributed by atoms with van der Waals surface area (Å²) in [6.07, 6.45) is 0. The van der Waals surface area contributed by atoms with Crippen molar-refractivity contribution in [3.63, 3.8) is 0 Å². The minimum Gasteiger partial charge on any atom is -0.493 e. The summed E-state index contributed by atoms with van der Waals surface area (Å²) in [4.78, 5) is 22.3. The molecule has 0 spiro atoms. The molecule has 5 aromatic rings. The van der Waals surface area contributed by atoms with Gasteiger partial charge in [0.2, 0.25) is 0 Å². The lowest BCUT2D eigenvalue weighted by Crippen LogP contribution is -2.07. The molecule has 8 nitrogen and oxygen atoms in total. The maximum absolute atomic E-state index is 13.0. The van der Waals surface area contributed by atoms with Gasteiger partial charge in [-0.15, -0.1) is 0 Å². The van der Waals surface area contributed by atoms with Crippen LogP contribution in [0.15, 0.2) is 76.0 Å². The molecule has 35 heavy (non-hydrogen) atoms. The summed E-state index contributed by atoms with van der Waals surface area (Å²) in [5.41, 5.74) is 9.84. The number of benzene rings is 3. The van der Waals surface area contributed by atoms with Gasteiger partial charge in [0.25, 0.3) is 5.56 Å². The number of methoxy groups -OCH3 is 2. The van der Waals surface area contributed by atoms with Crippen LogP contribution in [0.5, 0.6) is 11.5 Å². The molecule has 0 aliphatic heterocycles. The zero-order chi connectivity index (χ0) is 24.5. The van der Waals surface area contributed by atoms with E-state index in [1.165, 1.54) is 0 Å². The number of nitrogens with one attached hydrogen (secondary N) is 1. The van der Waals surface area contributed by atoms with Crippen LogP contribution in [0.2, 0.25) is 0 Å². The predicted molar refractivity (Wildman–Crippen MR) is 142 cm³/mol. The van der Waals surface area contributed by atoms with E-state index in [4.69, 9.17) is 20.2 Å². The molecule has 0 unspecified atom stereocenters. The van der Waals surface area contributed by atoms with Gasteiger partial charge in [-0.1, -0.05) is 40.2 Å². The highest BCUT2D eigenvalue weighted by Gasteiger charge is 2.20. The van der Waals surface area contributed by atoms with Crippen LogP contribution in [0.3, 0.4) is 0 Å². The second-order valence-electron chi connectivity index (χ2n) is 7.80. The summed E-state index contributed by atoms with van der Waals surface area (Å²) in [6.45, 7) is 0.359. The number of hydrogen-bond donors (Lipinski definition) is 2. The number of ether oxygens (including phenoxy) is 2. The fourth-order valence-corrected chi connectivity index (χ4v) is 4.37. The van der Waals surface area contributed by atoms with E-state index in [0.29, 0.717) is 51.6 Å². The minimum absolute atomic E-state index is 0.359. The Morgan fingerprint density at radius 3 is 2.49 bits per heavy atom. The van der Waals surface area contributed by atoms with Gasteiger partial charge in [-0.2, -0.15) is 0 Å². The molecule has 0 atom stereocenters. The van der Waals surface area contributed by atoms with Crippen molar-refractivity contribution < 1.29 is 9.47 Å². The van der Waals surface area contributed by atoms with Gasteiger partial charge in [-0.05, 0) is 42.5 Å². The number of aromatic nitrogens is 3. The summed E-state index contributed by atoms with van der Waals surface area (Å²) in [7, 11) is 3.19. The summed E-state index contributed by atoms with van der Waals surface area (Å²) in [5, 5.41) is 3.80.